The minimum atomic E-state index is -3.78. The van der Waals surface area contributed by atoms with E-state index in [-0.39, 0.29) is 23.3 Å². The van der Waals surface area contributed by atoms with Crippen molar-refractivity contribution in [1.82, 2.24) is 10.3 Å². The Bertz CT molecular complexity index is 1300. The zero-order valence-electron chi connectivity index (χ0n) is 19.1. The van der Waals surface area contributed by atoms with Crippen molar-refractivity contribution in [2.24, 2.45) is 5.92 Å². The third kappa shape index (κ3) is 5.48. The van der Waals surface area contributed by atoms with Gasteiger partial charge in [0, 0.05) is 17.2 Å². The molecule has 2 aromatic carbocycles. The highest BCUT2D eigenvalue weighted by Crippen LogP contribution is 2.26. The van der Waals surface area contributed by atoms with E-state index in [0.29, 0.717) is 34.3 Å². The Morgan fingerprint density at radius 1 is 1.18 bits per heavy atom. The second-order valence-corrected chi connectivity index (χ2v) is 9.77. The van der Waals surface area contributed by atoms with Gasteiger partial charge in [0.2, 0.25) is 11.8 Å². The van der Waals surface area contributed by atoms with Crippen molar-refractivity contribution < 1.29 is 22.4 Å². The Morgan fingerprint density at radius 2 is 1.97 bits per heavy atom. The number of allylic oxidation sites excluding steroid dienone is 2. The number of carbonyl (C=O) groups is 1. The monoisotopic (exact) mass is 481 g/mol. The molecule has 1 atom stereocenters. The van der Waals surface area contributed by atoms with Gasteiger partial charge in [-0.3, -0.25) is 9.52 Å². The molecule has 1 unspecified atom stereocenters. The molecule has 0 radical (unpaired) electrons. The van der Waals surface area contributed by atoms with Crippen LogP contribution >= 0.6 is 0 Å². The van der Waals surface area contributed by atoms with Crippen LogP contribution < -0.4 is 14.8 Å². The fourth-order valence-corrected chi connectivity index (χ4v) is 4.80. The van der Waals surface area contributed by atoms with Crippen molar-refractivity contribution in [3.8, 4) is 17.2 Å². The van der Waals surface area contributed by atoms with Crippen molar-refractivity contribution in [2.75, 3.05) is 11.8 Å². The molecule has 1 amide bonds. The molecule has 1 aliphatic carbocycles. The van der Waals surface area contributed by atoms with Crippen LogP contribution in [0.15, 0.2) is 70.0 Å². The normalized spacial score (nSPS) is 15.6. The molecule has 1 aromatic heterocycles. The summed E-state index contributed by atoms with van der Waals surface area (Å²) in [5.74, 6) is 1.54. The van der Waals surface area contributed by atoms with Gasteiger partial charge >= 0.3 is 0 Å². The van der Waals surface area contributed by atoms with Gasteiger partial charge in [-0.2, -0.15) is 0 Å². The number of ether oxygens (including phenoxy) is 1. The molecule has 3 aromatic rings. The number of rotatable bonds is 8. The van der Waals surface area contributed by atoms with E-state index in [1.165, 1.54) is 19.2 Å². The molecule has 0 bridgehead atoms. The Hall–Kier alpha value is -3.59. The first kappa shape index (κ1) is 23.6. The first-order valence-corrected chi connectivity index (χ1v) is 12.5. The summed E-state index contributed by atoms with van der Waals surface area (Å²) in [4.78, 5) is 17.1. The average molecular weight is 482 g/mol. The van der Waals surface area contributed by atoms with Gasteiger partial charge in [0.05, 0.1) is 18.6 Å². The molecule has 4 rings (SSSR count). The predicted molar refractivity (Wildman–Crippen MR) is 129 cm³/mol. The van der Waals surface area contributed by atoms with Crippen molar-refractivity contribution in [3.63, 3.8) is 0 Å². The summed E-state index contributed by atoms with van der Waals surface area (Å²) in [6.45, 7) is 2.07. The molecular weight excluding hydrogens is 454 g/mol. The zero-order valence-corrected chi connectivity index (χ0v) is 19.9. The first-order chi connectivity index (χ1) is 16.4. The van der Waals surface area contributed by atoms with Gasteiger partial charge < -0.3 is 14.5 Å². The van der Waals surface area contributed by atoms with Crippen molar-refractivity contribution >= 4 is 21.6 Å². The molecule has 0 saturated heterocycles. The third-order valence-corrected chi connectivity index (χ3v) is 7.09. The second-order valence-electron chi connectivity index (χ2n) is 8.08. The van der Waals surface area contributed by atoms with E-state index in [0.717, 1.165) is 19.3 Å². The number of anilines is 1. The van der Waals surface area contributed by atoms with Crippen molar-refractivity contribution in [1.29, 1.82) is 0 Å². The maximum Gasteiger partial charge on any atom is 0.261 e. The number of aromatic nitrogens is 1. The summed E-state index contributed by atoms with van der Waals surface area (Å²) in [6.07, 6.45) is 6.68. The predicted octanol–water partition coefficient (Wildman–Crippen LogP) is 4.43. The van der Waals surface area contributed by atoms with Crippen LogP contribution in [0, 0.1) is 12.8 Å². The van der Waals surface area contributed by atoms with E-state index in [9.17, 15) is 13.2 Å². The molecule has 0 saturated carbocycles. The lowest BCUT2D eigenvalue weighted by molar-refractivity contribution is -0.125. The number of sulfonamides is 1. The highest BCUT2D eigenvalue weighted by molar-refractivity contribution is 7.92. The van der Waals surface area contributed by atoms with Crippen molar-refractivity contribution in [2.45, 2.75) is 37.6 Å². The summed E-state index contributed by atoms with van der Waals surface area (Å²) in [5.41, 5.74) is 1.64. The van der Waals surface area contributed by atoms with Gasteiger partial charge in [-0.15, -0.1) is 0 Å². The summed E-state index contributed by atoms with van der Waals surface area (Å²) in [5, 5.41) is 2.95. The number of carbonyl (C=O) groups excluding carboxylic acids is 1. The molecule has 1 aliphatic rings. The van der Waals surface area contributed by atoms with E-state index < -0.39 is 10.0 Å². The molecule has 178 valence electrons. The number of amides is 1. The van der Waals surface area contributed by atoms with Crippen molar-refractivity contribution in [3.05, 3.63) is 72.1 Å². The van der Waals surface area contributed by atoms with Crippen LogP contribution in [0.1, 0.15) is 30.7 Å². The van der Waals surface area contributed by atoms with Gasteiger partial charge in [-0.25, -0.2) is 13.4 Å². The number of methoxy groups -OCH3 is 1. The maximum absolute atomic E-state index is 12.8. The van der Waals surface area contributed by atoms with Gasteiger partial charge in [0.25, 0.3) is 10.0 Å². The first-order valence-electron chi connectivity index (χ1n) is 11.0. The Labute approximate surface area is 199 Å². The average Bonchev–Trinajstić information content (AvgIpc) is 3.23. The van der Waals surface area contributed by atoms with Crippen LogP contribution in [-0.4, -0.2) is 26.4 Å². The minimum absolute atomic E-state index is 0.00733. The number of hydrogen-bond acceptors (Lipinski definition) is 6. The van der Waals surface area contributed by atoms with E-state index in [1.807, 2.05) is 6.08 Å². The SMILES string of the molecule is COc1ccc(S(=O)(=O)Nc2cccc(-c3nc(CNC(=O)C4CC=CCC4)c(C)o3)c2)cc1. The van der Waals surface area contributed by atoms with Gasteiger partial charge in [0.1, 0.15) is 17.2 Å². The molecule has 8 nitrogen and oxygen atoms in total. The largest absolute Gasteiger partial charge is 0.497 e. The maximum atomic E-state index is 12.8. The van der Waals surface area contributed by atoms with E-state index in [1.54, 1.807) is 43.3 Å². The van der Waals surface area contributed by atoms with Gasteiger partial charge in [0.15, 0.2) is 0 Å². The van der Waals surface area contributed by atoms with Crippen LogP contribution in [0.5, 0.6) is 5.75 Å². The number of nitrogens with zero attached hydrogens (tertiary/aromatic N) is 1. The lowest BCUT2D eigenvalue weighted by Crippen LogP contribution is -2.31. The van der Waals surface area contributed by atoms with Crippen LogP contribution in [0.25, 0.3) is 11.5 Å². The molecule has 2 N–H and O–H groups in total. The lowest BCUT2D eigenvalue weighted by atomic mass is 9.94. The van der Waals surface area contributed by atoms with Gasteiger partial charge in [-0.1, -0.05) is 18.2 Å². The summed E-state index contributed by atoms with van der Waals surface area (Å²) >= 11 is 0. The quantitative estimate of drug-likeness (QED) is 0.461. The molecule has 9 heteroatoms. The smallest absolute Gasteiger partial charge is 0.261 e. The molecule has 34 heavy (non-hydrogen) atoms. The Balaban J connectivity index is 1.46. The minimum Gasteiger partial charge on any atom is -0.497 e. The number of hydrogen-bond donors (Lipinski definition) is 2. The number of aryl methyl sites for hydroxylation is 1. The molecule has 0 aliphatic heterocycles. The highest BCUT2D eigenvalue weighted by atomic mass is 32.2. The van der Waals surface area contributed by atoms with Crippen LogP contribution in [0.4, 0.5) is 5.69 Å². The van der Waals surface area contributed by atoms with Crippen LogP contribution in [-0.2, 0) is 21.4 Å². The molecule has 0 spiro atoms. The second kappa shape index (κ2) is 10.1. The summed E-state index contributed by atoms with van der Waals surface area (Å²) in [7, 11) is -2.26. The van der Waals surface area contributed by atoms with E-state index in [4.69, 9.17) is 9.15 Å². The Kier molecular flexibility index (Phi) is 7.02. The zero-order chi connectivity index (χ0) is 24.1. The van der Waals surface area contributed by atoms with E-state index >= 15 is 0 Å². The number of benzene rings is 2. The lowest BCUT2D eigenvalue weighted by Gasteiger charge is -2.16. The van der Waals surface area contributed by atoms with Crippen LogP contribution in [0.2, 0.25) is 0 Å². The molecule has 0 fully saturated rings. The van der Waals surface area contributed by atoms with Gasteiger partial charge in [-0.05, 0) is 68.7 Å². The highest BCUT2D eigenvalue weighted by Gasteiger charge is 2.20. The standard InChI is InChI=1S/C25H27N3O5S/c1-17-23(16-26-24(29)18-7-4-3-5-8-18)27-25(33-17)19-9-6-10-20(15-19)28-34(30,31)22-13-11-21(32-2)12-14-22/h3-4,6,9-15,18,28H,5,7-8,16H2,1-2H3,(H,26,29). The van der Waals surface area contributed by atoms with Crippen LogP contribution in [0.3, 0.4) is 0 Å². The summed E-state index contributed by atoms with van der Waals surface area (Å²) < 4.78 is 39.0. The fraction of sp³-hybridized carbons (Fsp3) is 0.280. The third-order valence-electron chi connectivity index (χ3n) is 5.69. The summed E-state index contributed by atoms with van der Waals surface area (Å²) in [6, 6.07) is 13.0. The molecular formula is C25H27N3O5S. The number of oxazole rings is 1. The fourth-order valence-electron chi connectivity index (χ4n) is 3.75. The Morgan fingerprint density at radius 3 is 2.68 bits per heavy atom. The topological polar surface area (TPSA) is 111 Å². The van der Waals surface area contributed by atoms with E-state index in [2.05, 4.69) is 21.1 Å². The molecule has 1 heterocycles. The number of nitrogens with one attached hydrogen (secondary N) is 2.